The van der Waals surface area contributed by atoms with Crippen molar-refractivity contribution in [2.75, 3.05) is 6.61 Å². The molecule has 1 fully saturated rings. The van der Waals surface area contributed by atoms with E-state index in [1.165, 1.54) is 32.1 Å². The molecule has 0 radical (unpaired) electrons. The van der Waals surface area contributed by atoms with Crippen LogP contribution < -0.4 is 0 Å². The zero-order valence-electron chi connectivity index (χ0n) is 11.8. The van der Waals surface area contributed by atoms with Gasteiger partial charge in [0, 0.05) is 13.0 Å². The first kappa shape index (κ1) is 14.3. The first-order valence-corrected chi connectivity index (χ1v) is 7.50. The second-order valence-electron chi connectivity index (χ2n) is 5.42. The molecule has 1 aromatic rings. The Bertz CT molecular complexity index is 380. The standard InChI is InChI=1S/C17H24O2/c1-2-19-17(15-11-7-4-8-12-15)16(18)13-14-9-5-3-6-10-14/h4,7-8,11-12,14,17H,2-3,5-6,9-10,13H2,1H3. The minimum atomic E-state index is -0.367. The highest BCUT2D eigenvalue weighted by molar-refractivity contribution is 5.84. The lowest BCUT2D eigenvalue weighted by Crippen LogP contribution is -2.20. The van der Waals surface area contributed by atoms with Gasteiger partial charge in [-0.05, 0) is 18.4 Å². The normalized spacial score (nSPS) is 18.2. The molecule has 1 aliphatic rings. The summed E-state index contributed by atoms with van der Waals surface area (Å²) in [7, 11) is 0. The molecule has 1 saturated carbocycles. The molecule has 0 N–H and O–H groups in total. The van der Waals surface area contributed by atoms with Gasteiger partial charge in [0.25, 0.3) is 0 Å². The van der Waals surface area contributed by atoms with Gasteiger partial charge in [0.1, 0.15) is 6.10 Å². The van der Waals surface area contributed by atoms with Crippen molar-refractivity contribution in [3.63, 3.8) is 0 Å². The molecule has 2 nitrogen and oxygen atoms in total. The molecular weight excluding hydrogens is 236 g/mol. The minimum Gasteiger partial charge on any atom is -0.366 e. The summed E-state index contributed by atoms with van der Waals surface area (Å²) in [5, 5.41) is 0. The number of rotatable bonds is 6. The molecule has 2 heteroatoms. The maximum Gasteiger partial charge on any atom is 0.166 e. The number of benzene rings is 1. The van der Waals surface area contributed by atoms with E-state index in [1.54, 1.807) is 0 Å². The van der Waals surface area contributed by atoms with E-state index in [0.717, 1.165) is 5.56 Å². The molecule has 0 aliphatic heterocycles. The smallest absolute Gasteiger partial charge is 0.166 e. The Morgan fingerprint density at radius 1 is 1.21 bits per heavy atom. The van der Waals surface area contributed by atoms with E-state index < -0.39 is 0 Å². The van der Waals surface area contributed by atoms with E-state index in [2.05, 4.69) is 0 Å². The third-order valence-electron chi connectivity index (χ3n) is 3.94. The molecule has 1 atom stereocenters. The molecule has 104 valence electrons. The zero-order chi connectivity index (χ0) is 13.5. The van der Waals surface area contributed by atoms with E-state index in [4.69, 9.17) is 4.74 Å². The Morgan fingerprint density at radius 2 is 1.89 bits per heavy atom. The minimum absolute atomic E-state index is 0.250. The number of ketones is 1. The van der Waals surface area contributed by atoms with Crippen LogP contribution in [0.4, 0.5) is 0 Å². The van der Waals surface area contributed by atoms with Crippen LogP contribution >= 0.6 is 0 Å². The van der Waals surface area contributed by atoms with E-state index >= 15 is 0 Å². The lowest BCUT2D eigenvalue weighted by atomic mass is 9.84. The summed E-state index contributed by atoms with van der Waals surface area (Å²) in [6.45, 7) is 2.53. The van der Waals surface area contributed by atoms with Crippen molar-refractivity contribution in [2.45, 2.75) is 51.6 Å². The van der Waals surface area contributed by atoms with Crippen LogP contribution in [0.15, 0.2) is 30.3 Å². The fourth-order valence-corrected chi connectivity index (χ4v) is 2.95. The average Bonchev–Trinajstić information content (AvgIpc) is 2.46. The summed E-state index contributed by atoms with van der Waals surface area (Å²) in [6.07, 6.45) is 6.62. The topological polar surface area (TPSA) is 26.3 Å². The number of carbonyl (C=O) groups excluding carboxylic acids is 1. The van der Waals surface area contributed by atoms with E-state index in [0.29, 0.717) is 18.9 Å². The summed E-state index contributed by atoms with van der Waals surface area (Å²) in [4.78, 5) is 12.5. The number of Topliss-reactive ketones (excluding diaryl/α,β-unsaturated/α-hetero) is 1. The van der Waals surface area contributed by atoms with E-state index in [1.807, 2.05) is 37.3 Å². The molecule has 19 heavy (non-hydrogen) atoms. The summed E-state index contributed by atoms with van der Waals surface area (Å²) >= 11 is 0. The molecule has 0 spiro atoms. The highest BCUT2D eigenvalue weighted by Crippen LogP contribution is 2.29. The van der Waals surface area contributed by atoms with Gasteiger partial charge in [-0.3, -0.25) is 4.79 Å². The van der Waals surface area contributed by atoms with Crippen LogP contribution in [0.5, 0.6) is 0 Å². The third kappa shape index (κ3) is 4.17. The van der Waals surface area contributed by atoms with Gasteiger partial charge in [-0.15, -0.1) is 0 Å². The van der Waals surface area contributed by atoms with Crippen LogP contribution in [0.25, 0.3) is 0 Å². The lowest BCUT2D eigenvalue weighted by Gasteiger charge is -2.23. The Kier molecular flexibility index (Phi) is 5.59. The van der Waals surface area contributed by atoms with Crippen LogP contribution in [0.1, 0.15) is 57.1 Å². The molecule has 0 amide bonds. The predicted octanol–water partition coefficient (Wildman–Crippen LogP) is 4.30. The zero-order valence-corrected chi connectivity index (χ0v) is 11.8. The second-order valence-corrected chi connectivity index (χ2v) is 5.42. The first-order valence-electron chi connectivity index (χ1n) is 7.50. The van der Waals surface area contributed by atoms with Crippen LogP contribution in [-0.4, -0.2) is 12.4 Å². The second kappa shape index (κ2) is 7.44. The van der Waals surface area contributed by atoms with Gasteiger partial charge in [-0.25, -0.2) is 0 Å². The molecule has 0 bridgehead atoms. The van der Waals surface area contributed by atoms with Gasteiger partial charge in [0.05, 0.1) is 0 Å². The van der Waals surface area contributed by atoms with Gasteiger partial charge in [-0.2, -0.15) is 0 Å². The maximum atomic E-state index is 12.5. The van der Waals surface area contributed by atoms with E-state index in [9.17, 15) is 4.79 Å². The third-order valence-corrected chi connectivity index (χ3v) is 3.94. The molecule has 1 aromatic carbocycles. The summed E-state index contributed by atoms with van der Waals surface area (Å²) in [5.41, 5.74) is 0.991. The Morgan fingerprint density at radius 3 is 2.53 bits per heavy atom. The van der Waals surface area contributed by atoms with Crippen LogP contribution in [0.3, 0.4) is 0 Å². The van der Waals surface area contributed by atoms with Crippen molar-refractivity contribution in [3.05, 3.63) is 35.9 Å². The first-order chi connectivity index (χ1) is 9.31. The van der Waals surface area contributed by atoms with Crippen molar-refractivity contribution in [3.8, 4) is 0 Å². The molecule has 2 rings (SSSR count). The van der Waals surface area contributed by atoms with Crippen molar-refractivity contribution < 1.29 is 9.53 Å². The average molecular weight is 260 g/mol. The summed E-state index contributed by atoms with van der Waals surface area (Å²) < 4.78 is 5.68. The Balaban J connectivity index is 1.99. The van der Waals surface area contributed by atoms with E-state index in [-0.39, 0.29) is 11.9 Å². The van der Waals surface area contributed by atoms with Gasteiger partial charge < -0.3 is 4.74 Å². The molecule has 0 heterocycles. The SMILES string of the molecule is CCOC(C(=O)CC1CCCCC1)c1ccccc1. The number of carbonyl (C=O) groups is 1. The monoisotopic (exact) mass is 260 g/mol. The van der Waals surface area contributed by atoms with Crippen molar-refractivity contribution >= 4 is 5.78 Å². The highest BCUT2D eigenvalue weighted by Gasteiger charge is 2.24. The Labute approximate surface area is 116 Å². The quantitative estimate of drug-likeness (QED) is 0.762. The van der Waals surface area contributed by atoms with Gasteiger partial charge in [0.15, 0.2) is 5.78 Å². The van der Waals surface area contributed by atoms with Crippen molar-refractivity contribution in [1.82, 2.24) is 0 Å². The van der Waals surface area contributed by atoms with Gasteiger partial charge >= 0.3 is 0 Å². The molecular formula is C17H24O2. The molecule has 1 unspecified atom stereocenters. The number of hydrogen-bond acceptors (Lipinski definition) is 2. The van der Waals surface area contributed by atoms with Crippen LogP contribution in [0.2, 0.25) is 0 Å². The molecule has 0 saturated heterocycles. The van der Waals surface area contributed by atoms with Crippen molar-refractivity contribution in [1.29, 1.82) is 0 Å². The van der Waals surface area contributed by atoms with Crippen molar-refractivity contribution in [2.24, 2.45) is 5.92 Å². The fourth-order valence-electron chi connectivity index (χ4n) is 2.95. The summed E-state index contributed by atoms with van der Waals surface area (Å²) in [6, 6.07) is 9.88. The largest absolute Gasteiger partial charge is 0.366 e. The Hall–Kier alpha value is -1.15. The van der Waals surface area contributed by atoms with Gasteiger partial charge in [-0.1, -0.05) is 62.4 Å². The molecule has 0 aromatic heterocycles. The lowest BCUT2D eigenvalue weighted by molar-refractivity contribution is -0.132. The fraction of sp³-hybridized carbons (Fsp3) is 0.588. The van der Waals surface area contributed by atoms with Gasteiger partial charge in [0.2, 0.25) is 0 Å². The highest BCUT2D eigenvalue weighted by atomic mass is 16.5. The maximum absolute atomic E-state index is 12.5. The summed E-state index contributed by atoms with van der Waals surface area (Å²) in [5.74, 6) is 0.827. The molecule has 1 aliphatic carbocycles. The number of ether oxygens (including phenoxy) is 1. The van der Waals surface area contributed by atoms with Crippen LogP contribution in [0, 0.1) is 5.92 Å². The van der Waals surface area contributed by atoms with Crippen LogP contribution in [-0.2, 0) is 9.53 Å². The predicted molar refractivity (Wildman–Crippen MR) is 77.0 cm³/mol. The number of hydrogen-bond donors (Lipinski definition) is 0.